The summed E-state index contributed by atoms with van der Waals surface area (Å²) in [7, 11) is 1.46. The number of carbonyl (C=O) groups is 1. The Bertz CT molecular complexity index is 159. The number of piperidine rings is 1. The summed E-state index contributed by atoms with van der Waals surface area (Å²) in [5.41, 5.74) is 0. The van der Waals surface area contributed by atoms with Gasteiger partial charge in [0.2, 0.25) is 0 Å². The standard InChI is InChI=1S/C9H17NO2.C2H6/c1-3-10-7-5-4-6-8(10)9(11)12-2;1-2/h8H,3-7H2,1-2H3;1-2H3. The molecule has 0 aromatic heterocycles. The highest BCUT2D eigenvalue weighted by molar-refractivity contribution is 5.75. The van der Waals surface area contributed by atoms with Crippen LogP contribution < -0.4 is 0 Å². The first-order valence-corrected chi connectivity index (χ1v) is 5.61. The van der Waals surface area contributed by atoms with E-state index in [9.17, 15) is 4.79 Å². The zero-order valence-corrected chi connectivity index (χ0v) is 9.88. The van der Waals surface area contributed by atoms with Gasteiger partial charge in [-0.3, -0.25) is 9.69 Å². The van der Waals surface area contributed by atoms with E-state index >= 15 is 0 Å². The SMILES string of the molecule is CC.CCN1CCCCC1C(=O)OC. The van der Waals surface area contributed by atoms with Crippen LogP contribution >= 0.6 is 0 Å². The predicted molar refractivity (Wildman–Crippen MR) is 58.3 cm³/mol. The molecule has 14 heavy (non-hydrogen) atoms. The molecule has 0 bridgehead atoms. The number of esters is 1. The summed E-state index contributed by atoms with van der Waals surface area (Å²) in [6.45, 7) is 8.07. The van der Waals surface area contributed by atoms with Crippen molar-refractivity contribution in [3.05, 3.63) is 0 Å². The summed E-state index contributed by atoms with van der Waals surface area (Å²) in [5.74, 6) is -0.0726. The summed E-state index contributed by atoms with van der Waals surface area (Å²) in [6.07, 6.45) is 3.32. The summed E-state index contributed by atoms with van der Waals surface area (Å²) in [4.78, 5) is 13.5. The lowest BCUT2D eigenvalue weighted by Crippen LogP contribution is -2.44. The zero-order valence-electron chi connectivity index (χ0n) is 9.88. The van der Waals surface area contributed by atoms with Gasteiger partial charge in [-0.25, -0.2) is 0 Å². The Kier molecular flexibility index (Phi) is 7.48. The normalized spacial score (nSPS) is 22.1. The van der Waals surface area contributed by atoms with E-state index in [1.165, 1.54) is 13.5 Å². The summed E-state index contributed by atoms with van der Waals surface area (Å²) in [5, 5.41) is 0. The van der Waals surface area contributed by atoms with Crippen LogP contribution in [-0.4, -0.2) is 37.1 Å². The molecule has 0 saturated carbocycles. The number of carbonyl (C=O) groups excluding carboxylic acids is 1. The van der Waals surface area contributed by atoms with Crippen LogP contribution in [0.4, 0.5) is 0 Å². The molecule has 0 aromatic rings. The highest BCUT2D eigenvalue weighted by Crippen LogP contribution is 2.17. The number of nitrogens with zero attached hydrogens (tertiary/aromatic N) is 1. The molecular weight excluding hydrogens is 178 g/mol. The molecule has 0 N–H and O–H groups in total. The van der Waals surface area contributed by atoms with Gasteiger partial charge in [0.25, 0.3) is 0 Å². The summed E-state index contributed by atoms with van der Waals surface area (Å²) < 4.78 is 4.74. The third kappa shape index (κ3) is 3.66. The monoisotopic (exact) mass is 201 g/mol. The fraction of sp³-hybridized carbons (Fsp3) is 0.909. The molecule has 1 fully saturated rings. The van der Waals surface area contributed by atoms with Crippen LogP contribution in [-0.2, 0) is 9.53 Å². The van der Waals surface area contributed by atoms with Gasteiger partial charge >= 0.3 is 5.97 Å². The van der Waals surface area contributed by atoms with Crippen LogP contribution in [0.5, 0.6) is 0 Å². The quantitative estimate of drug-likeness (QED) is 0.640. The van der Waals surface area contributed by atoms with Crippen LogP contribution in [0.1, 0.15) is 40.0 Å². The molecule has 1 atom stereocenters. The summed E-state index contributed by atoms with van der Waals surface area (Å²) >= 11 is 0. The van der Waals surface area contributed by atoms with Crippen molar-refractivity contribution in [1.29, 1.82) is 0 Å². The second-order valence-corrected chi connectivity index (χ2v) is 3.16. The van der Waals surface area contributed by atoms with Gasteiger partial charge in [-0.1, -0.05) is 27.2 Å². The molecule has 84 valence electrons. The van der Waals surface area contributed by atoms with Crippen molar-refractivity contribution in [2.75, 3.05) is 20.2 Å². The molecule has 3 nitrogen and oxygen atoms in total. The van der Waals surface area contributed by atoms with Crippen molar-refractivity contribution in [1.82, 2.24) is 4.90 Å². The van der Waals surface area contributed by atoms with E-state index in [1.54, 1.807) is 0 Å². The molecule has 0 amide bonds. The van der Waals surface area contributed by atoms with Crippen molar-refractivity contribution in [2.45, 2.75) is 46.1 Å². The fourth-order valence-electron chi connectivity index (χ4n) is 1.77. The van der Waals surface area contributed by atoms with Crippen LogP contribution in [0, 0.1) is 0 Å². The Morgan fingerprint density at radius 1 is 1.43 bits per heavy atom. The Labute approximate surface area is 87.4 Å². The van der Waals surface area contributed by atoms with E-state index in [2.05, 4.69) is 11.8 Å². The first kappa shape index (κ1) is 13.4. The van der Waals surface area contributed by atoms with E-state index in [0.717, 1.165) is 25.9 Å². The van der Waals surface area contributed by atoms with E-state index in [4.69, 9.17) is 4.74 Å². The maximum atomic E-state index is 11.3. The Hall–Kier alpha value is -0.570. The number of ether oxygens (including phenoxy) is 1. The number of likely N-dealkylation sites (N-methyl/N-ethyl adjacent to an activating group) is 1. The number of methoxy groups -OCH3 is 1. The average Bonchev–Trinajstić information content (AvgIpc) is 2.30. The fourth-order valence-corrected chi connectivity index (χ4v) is 1.77. The molecule has 0 aliphatic carbocycles. The van der Waals surface area contributed by atoms with Gasteiger partial charge in [0.1, 0.15) is 6.04 Å². The van der Waals surface area contributed by atoms with Gasteiger partial charge in [0.15, 0.2) is 0 Å². The lowest BCUT2D eigenvalue weighted by molar-refractivity contribution is -0.148. The Morgan fingerprint density at radius 2 is 2.07 bits per heavy atom. The smallest absolute Gasteiger partial charge is 0.323 e. The van der Waals surface area contributed by atoms with Gasteiger partial charge in [-0.15, -0.1) is 0 Å². The van der Waals surface area contributed by atoms with Gasteiger partial charge in [-0.2, -0.15) is 0 Å². The summed E-state index contributed by atoms with van der Waals surface area (Å²) in [6, 6.07) is 0.0220. The molecule has 1 saturated heterocycles. The largest absolute Gasteiger partial charge is 0.468 e. The van der Waals surface area contributed by atoms with E-state index in [0.29, 0.717) is 0 Å². The van der Waals surface area contributed by atoms with Crippen molar-refractivity contribution in [3.63, 3.8) is 0 Å². The van der Waals surface area contributed by atoms with Crippen LogP contribution in [0.3, 0.4) is 0 Å². The number of likely N-dealkylation sites (tertiary alicyclic amines) is 1. The van der Waals surface area contributed by atoms with Crippen LogP contribution in [0.15, 0.2) is 0 Å². The minimum absolute atomic E-state index is 0.0220. The highest BCUT2D eigenvalue weighted by Gasteiger charge is 2.27. The number of hydrogen-bond donors (Lipinski definition) is 0. The number of hydrogen-bond acceptors (Lipinski definition) is 3. The van der Waals surface area contributed by atoms with Crippen molar-refractivity contribution in [3.8, 4) is 0 Å². The lowest BCUT2D eigenvalue weighted by Gasteiger charge is -2.32. The minimum atomic E-state index is -0.0726. The average molecular weight is 201 g/mol. The molecule has 0 aromatic carbocycles. The predicted octanol–water partition coefficient (Wildman–Crippen LogP) is 2.06. The van der Waals surface area contributed by atoms with Crippen LogP contribution in [0.2, 0.25) is 0 Å². The molecule has 1 aliphatic heterocycles. The Morgan fingerprint density at radius 3 is 2.57 bits per heavy atom. The Balaban J connectivity index is 0.000000791. The zero-order chi connectivity index (χ0) is 11.0. The second kappa shape index (κ2) is 7.80. The van der Waals surface area contributed by atoms with Gasteiger partial charge in [0, 0.05) is 0 Å². The van der Waals surface area contributed by atoms with E-state index in [-0.39, 0.29) is 12.0 Å². The second-order valence-electron chi connectivity index (χ2n) is 3.16. The van der Waals surface area contributed by atoms with E-state index in [1.807, 2.05) is 13.8 Å². The minimum Gasteiger partial charge on any atom is -0.468 e. The molecular formula is C11H23NO2. The molecule has 1 unspecified atom stereocenters. The molecule has 0 radical (unpaired) electrons. The van der Waals surface area contributed by atoms with Gasteiger partial charge in [0.05, 0.1) is 7.11 Å². The third-order valence-corrected chi connectivity index (χ3v) is 2.49. The molecule has 0 spiro atoms. The topological polar surface area (TPSA) is 29.5 Å². The van der Waals surface area contributed by atoms with Crippen LogP contribution in [0.25, 0.3) is 0 Å². The maximum Gasteiger partial charge on any atom is 0.323 e. The highest BCUT2D eigenvalue weighted by atomic mass is 16.5. The van der Waals surface area contributed by atoms with Crippen molar-refractivity contribution >= 4 is 5.97 Å². The first-order chi connectivity index (χ1) is 6.79. The lowest BCUT2D eigenvalue weighted by atomic mass is 10.0. The van der Waals surface area contributed by atoms with Gasteiger partial charge in [-0.05, 0) is 25.9 Å². The van der Waals surface area contributed by atoms with Crippen molar-refractivity contribution < 1.29 is 9.53 Å². The first-order valence-electron chi connectivity index (χ1n) is 5.61. The molecule has 1 rings (SSSR count). The van der Waals surface area contributed by atoms with E-state index < -0.39 is 0 Å². The molecule has 3 heteroatoms. The third-order valence-electron chi connectivity index (χ3n) is 2.49. The van der Waals surface area contributed by atoms with Crippen molar-refractivity contribution in [2.24, 2.45) is 0 Å². The molecule has 1 aliphatic rings. The number of rotatable bonds is 2. The maximum absolute atomic E-state index is 11.3. The molecule has 1 heterocycles. The van der Waals surface area contributed by atoms with Gasteiger partial charge < -0.3 is 4.74 Å².